The summed E-state index contributed by atoms with van der Waals surface area (Å²) < 4.78 is 1.99. The zero-order valence-corrected chi connectivity index (χ0v) is 12.3. The van der Waals surface area contributed by atoms with Gasteiger partial charge in [-0.3, -0.25) is 9.55 Å². The number of benzene rings is 1. The monoisotopic (exact) mass is 306 g/mol. The number of pyridine rings is 2. The predicted molar refractivity (Wildman–Crippen MR) is 87.1 cm³/mol. The zero-order valence-electron chi connectivity index (χ0n) is 11.5. The van der Waals surface area contributed by atoms with Crippen molar-refractivity contribution in [2.45, 2.75) is 0 Å². The molecule has 0 N–H and O–H groups in total. The molecule has 0 atom stereocenters. The fraction of sp³-hybridized carbons (Fsp3) is 0. The molecule has 0 amide bonds. The van der Waals surface area contributed by atoms with Crippen LogP contribution in [0.4, 0.5) is 0 Å². The highest BCUT2D eigenvalue weighted by molar-refractivity contribution is 6.30. The Kier molecular flexibility index (Phi) is 3.09. The molecule has 4 nitrogen and oxygen atoms in total. The van der Waals surface area contributed by atoms with E-state index in [1.165, 1.54) is 0 Å². The molecule has 0 saturated carbocycles. The smallest absolute Gasteiger partial charge is 0.165 e. The van der Waals surface area contributed by atoms with Crippen molar-refractivity contribution in [2.24, 2.45) is 0 Å². The highest BCUT2D eigenvalue weighted by Gasteiger charge is 2.15. The van der Waals surface area contributed by atoms with Gasteiger partial charge in [0.15, 0.2) is 11.5 Å². The van der Waals surface area contributed by atoms with Crippen molar-refractivity contribution < 1.29 is 0 Å². The number of hydrogen-bond donors (Lipinski definition) is 0. The number of halogens is 1. The van der Waals surface area contributed by atoms with E-state index in [2.05, 4.69) is 15.0 Å². The van der Waals surface area contributed by atoms with E-state index in [1.807, 2.05) is 59.2 Å². The van der Waals surface area contributed by atoms with Crippen LogP contribution in [0.5, 0.6) is 0 Å². The van der Waals surface area contributed by atoms with E-state index < -0.39 is 0 Å². The number of fused-ring (bicyclic) bond motifs is 1. The van der Waals surface area contributed by atoms with Crippen LogP contribution in [0.3, 0.4) is 0 Å². The first-order valence-corrected chi connectivity index (χ1v) is 7.21. The molecule has 106 valence electrons. The van der Waals surface area contributed by atoms with Gasteiger partial charge in [0.1, 0.15) is 11.2 Å². The van der Waals surface area contributed by atoms with E-state index in [1.54, 1.807) is 12.4 Å². The summed E-state index contributed by atoms with van der Waals surface area (Å²) in [7, 11) is 0. The van der Waals surface area contributed by atoms with Crippen molar-refractivity contribution in [3.8, 4) is 17.2 Å². The van der Waals surface area contributed by atoms with Crippen LogP contribution in [0.15, 0.2) is 67.0 Å². The Bertz CT molecular complexity index is 930. The van der Waals surface area contributed by atoms with Crippen LogP contribution in [0.25, 0.3) is 28.4 Å². The van der Waals surface area contributed by atoms with E-state index in [-0.39, 0.29) is 0 Å². The third-order valence-electron chi connectivity index (χ3n) is 3.39. The molecule has 5 heteroatoms. The van der Waals surface area contributed by atoms with Gasteiger partial charge in [0, 0.05) is 23.1 Å². The zero-order chi connectivity index (χ0) is 14.9. The summed E-state index contributed by atoms with van der Waals surface area (Å²) >= 11 is 6.00. The molecule has 0 unspecified atom stereocenters. The van der Waals surface area contributed by atoms with Gasteiger partial charge in [-0.05, 0) is 48.5 Å². The molecule has 22 heavy (non-hydrogen) atoms. The average Bonchev–Trinajstić information content (AvgIpc) is 2.96. The van der Waals surface area contributed by atoms with Crippen LogP contribution in [0.1, 0.15) is 0 Å². The molecule has 0 aliphatic heterocycles. The lowest BCUT2D eigenvalue weighted by molar-refractivity contribution is 1.06. The Morgan fingerprint density at radius 1 is 0.818 bits per heavy atom. The third-order valence-corrected chi connectivity index (χ3v) is 3.65. The predicted octanol–water partition coefficient (Wildman–Crippen LogP) is 4.14. The van der Waals surface area contributed by atoms with Crippen molar-refractivity contribution in [1.82, 2.24) is 19.5 Å². The van der Waals surface area contributed by atoms with E-state index in [4.69, 9.17) is 11.6 Å². The van der Waals surface area contributed by atoms with Crippen LogP contribution in [-0.2, 0) is 0 Å². The van der Waals surface area contributed by atoms with Crippen molar-refractivity contribution in [2.75, 3.05) is 0 Å². The topological polar surface area (TPSA) is 43.6 Å². The van der Waals surface area contributed by atoms with E-state index in [0.717, 1.165) is 28.4 Å². The fourth-order valence-corrected chi connectivity index (χ4v) is 2.54. The molecule has 4 aromatic rings. The normalized spacial score (nSPS) is 11.0. The second-order valence-electron chi connectivity index (χ2n) is 4.81. The number of imidazole rings is 1. The third kappa shape index (κ3) is 2.14. The van der Waals surface area contributed by atoms with Gasteiger partial charge in [0.25, 0.3) is 0 Å². The number of rotatable bonds is 2. The standard InChI is InChI=1S/C17H11ClN4/c18-12-6-8-13(9-7-12)22-16-15(5-3-11-20-16)21-17(22)14-4-1-2-10-19-14/h1-11H. The van der Waals surface area contributed by atoms with E-state index in [0.29, 0.717) is 5.02 Å². The molecular weight excluding hydrogens is 296 g/mol. The van der Waals surface area contributed by atoms with Crippen LogP contribution < -0.4 is 0 Å². The van der Waals surface area contributed by atoms with Crippen LogP contribution in [0.2, 0.25) is 5.02 Å². The Hall–Kier alpha value is -2.72. The highest BCUT2D eigenvalue weighted by atomic mass is 35.5. The van der Waals surface area contributed by atoms with Gasteiger partial charge in [0.05, 0.1) is 0 Å². The molecule has 0 aliphatic carbocycles. The highest BCUT2D eigenvalue weighted by Crippen LogP contribution is 2.26. The maximum Gasteiger partial charge on any atom is 0.165 e. The molecule has 0 aliphatic rings. The summed E-state index contributed by atoms with van der Waals surface area (Å²) in [6.07, 6.45) is 3.52. The molecule has 0 spiro atoms. The minimum Gasteiger partial charge on any atom is -0.275 e. The largest absolute Gasteiger partial charge is 0.275 e. The summed E-state index contributed by atoms with van der Waals surface area (Å²) in [5, 5.41) is 0.695. The summed E-state index contributed by atoms with van der Waals surface area (Å²) in [6.45, 7) is 0. The molecule has 0 fully saturated rings. The average molecular weight is 307 g/mol. The molecule has 0 saturated heterocycles. The van der Waals surface area contributed by atoms with Gasteiger partial charge in [0.2, 0.25) is 0 Å². The molecular formula is C17H11ClN4. The molecule has 3 heterocycles. The Labute approximate surface area is 132 Å². The summed E-state index contributed by atoms with van der Waals surface area (Å²) in [5.41, 5.74) is 3.38. The minimum atomic E-state index is 0.695. The first-order chi connectivity index (χ1) is 10.8. The molecule has 4 rings (SSSR count). The van der Waals surface area contributed by atoms with Gasteiger partial charge in [-0.25, -0.2) is 9.97 Å². The van der Waals surface area contributed by atoms with Gasteiger partial charge < -0.3 is 0 Å². The quantitative estimate of drug-likeness (QED) is 0.559. The number of hydrogen-bond acceptors (Lipinski definition) is 3. The van der Waals surface area contributed by atoms with Crippen LogP contribution in [0, 0.1) is 0 Å². The second kappa shape index (κ2) is 5.24. The molecule has 0 radical (unpaired) electrons. The van der Waals surface area contributed by atoms with Crippen molar-refractivity contribution in [1.29, 1.82) is 0 Å². The molecule has 1 aromatic carbocycles. The lowest BCUT2D eigenvalue weighted by Crippen LogP contribution is -1.99. The minimum absolute atomic E-state index is 0.695. The number of aromatic nitrogens is 4. The maximum atomic E-state index is 6.00. The van der Waals surface area contributed by atoms with Crippen LogP contribution >= 0.6 is 11.6 Å². The van der Waals surface area contributed by atoms with Crippen molar-refractivity contribution >= 4 is 22.8 Å². The first-order valence-electron chi connectivity index (χ1n) is 6.84. The first kappa shape index (κ1) is 13.0. The van der Waals surface area contributed by atoms with Crippen LogP contribution in [-0.4, -0.2) is 19.5 Å². The van der Waals surface area contributed by atoms with Gasteiger partial charge >= 0.3 is 0 Å². The molecule has 3 aromatic heterocycles. The Morgan fingerprint density at radius 2 is 1.64 bits per heavy atom. The fourth-order valence-electron chi connectivity index (χ4n) is 2.41. The van der Waals surface area contributed by atoms with Crippen molar-refractivity contribution in [3.63, 3.8) is 0 Å². The second-order valence-corrected chi connectivity index (χ2v) is 5.24. The SMILES string of the molecule is Clc1ccc(-n2c(-c3ccccn3)nc3cccnc32)cc1. The van der Waals surface area contributed by atoms with Gasteiger partial charge in [-0.2, -0.15) is 0 Å². The summed E-state index contributed by atoms with van der Waals surface area (Å²) in [5.74, 6) is 0.761. The van der Waals surface area contributed by atoms with Crippen molar-refractivity contribution in [3.05, 3.63) is 72.0 Å². The summed E-state index contributed by atoms with van der Waals surface area (Å²) in [4.78, 5) is 13.6. The van der Waals surface area contributed by atoms with E-state index >= 15 is 0 Å². The lowest BCUT2D eigenvalue weighted by atomic mass is 10.3. The lowest BCUT2D eigenvalue weighted by Gasteiger charge is -2.08. The number of nitrogens with zero attached hydrogens (tertiary/aromatic N) is 4. The Balaban J connectivity index is 2.04. The molecule has 0 bridgehead atoms. The van der Waals surface area contributed by atoms with E-state index in [9.17, 15) is 0 Å². The van der Waals surface area contributed by atoms with Gasteiger partial charge in [-0.15, -0.1) is 0 Å². The summed E-state index contributed by atoms with van der Waals surface area (Å²) in [6, 6.07) is 17.2. The Morgan fingerprint density at radius 3 is 2.41 bits per heavy atom. The maximum absolute atomic E-state index is 6.00. The van der Waals surface area contributed by atoms with Gasteiger partial charge in [-0.1, -0.05) is 17.7 Å².